The molecule has 0 aromatic rings. The predicted molar refractivity (Wildman–Crippen MR) is 44.7 cm³/mol. The molecule has 1 fully saturated rings. The van der Waals surface area contributed by atoms with E-state index in [0.717, 1.165) is 19.3 Å². The second-order valence-electron chi connectivity index (χ2n) is 3.73. The number of hydrogen-bond donors (Lipinski definition) is 0. The van der Waals surface area contributed by atoms with Crippen molar-refractivity contribution in [3.05, 3.63) is 0 Å². The Labute approximate surface area is 72.0 Å². The molecule has 0 saturated heterocycles. The summed E-state index contributed by atoms with van der Waals surface area (Å²) in [5, 5.41) is 7.63. The minimum Gasteiger partial charge on any atom is -0.229 e. The van der Waals surface area contributed by atoms with E-state index in [-0.39, 0.29) is 10.9 Å². The molecule has 0 N–H and O–H groups in total. The predicted octanol–water partition coefficient (Wildman–Crippen LogP) is 1.14. The third-order valence-electron chi connectivity index (χ3n) is 2.65. The normalized spacial score (nSPS) is 32.2. The van der Waals surface area contributed by atoms with Crippen molar-refractivity contribution in [3.8, 4) is 0 Å². The van der Waals surface area contributed by atoms with Crippen molar-refractivity contribution in [1.29, 1.82) is 0 Å². The van der Waals surface area contributed by atoms with Crippen molar-refractivity contribution in [2.24, 2.45) is 10.2 Å². The molecular formula is C7H12N2O2S. The van der Waals surface area contributed by atoms with Crippen molar-refractivity contribution < 1.29 is 8.42 Å². The third-order valence-corrected chi connectivity index (χ3v) is 4.26. The van der Waals surface area contributed by atoms with Crippen LogP contribution in [-0.2, 0) is 9.84 Å². The summed E-state index contributed by atoms with van der Waals surface area (Å²) in [5.41, 5.74) is -0.272. The van der Waals surface area contributed by atoms with Crippen molar-refractivity contribution >= 4 is 9.84 Å². The van der Waals surface area contributed by atoms with E-state index in [2.05, 4.69) is 10.2 Å². The molecule has 2 rings (SSSR count). The van der Waals surface area contributed by atoms with E-state index in [0.29, 0.717) is 6.42 Å². The quantitative estimate of drug-likeness (QED) is 0.619. The van der Waals surface area contributed by atoms with Gasteiger partial charge in [0, 0.05) is 12.7 Å². The van der Waals surface area contributed by atoms with Crippen LogP contribution in [0.15, 0.2) is 10.2 Å². The van der Waals surface area contributed by atoms with Gasteiger partial charge in [-0.05, 0) is 19.3 Å². The van der Waals surface area contributed by atoms with Crippen LogP contribution in [-0.4, -0.2) is 25.6 Å². The van der Waals surface area contributed by atoms with E-state index < -0.39 is 9.84 Å². The first-order valence-corrected chi connectivity index (χ1v) is 6.10. The first kappa shape index (κ1) is 8.16. The highest BCUT2D eigenvalue weighted by atomic mass is 32.2. The molecule has 1 heterocycles. The molecule has 0 aromatic heterocycles. The van der Waals surface area contributed by atoms with Crippen LogP contribution in [0.5, 0.6) is 0 Å². The Morgan fingerprint density at radius 2 is 2.08 bits per heavy atom. The SMILES string of the molecule is CS(=O)(=O)C1CCCC2(C1)N=N2. The van der Waals surface area contributed by atoms with Crippen LogP contribution in [0.25, 0.3) is 0 Å². The highest BCUT2D eigenvalue weighted by molar-refractivity contribution is 7.91. The van der Waals surface area contributed by atoms with Gasteiger partial charge >= 0.3 is 0 Å². The first-order chi connectivity index (χ1) is 5.52. The summed E-state index contributed by atoms with van der Waals surface area (Å²) in [5.74, 6) is 0. The molecule has 0 amide bonds. The molecule has 1 atom stereocenters. The van der Waals surface area contributed by atoms with Crippen LogP contribution in [0.1, 0.15) is 25.7 Å². The summed E-state index contributed by atoms with van der Waals surface area (Å²) in [7, 11) is -2.88. The van der Waals surface area contributed by atoms with Crippen LogP contribution in [0.4, 0.5) is 0 Å². The minimum atomic E-state index is -2.88. The Bertz CT molecular complexity index is 314. The van der Waals surface area contributed by atoms with E-state index in [9.17, 15) is 8.42 Å². The van der Waals surface area contributed by atoms with Gasteiger partial charge in [-0.25, -0.2) is 8.42 Å². The largest absolute Gasteiger partial charge is 0.229 e. The van der Waals surface area contributed by atoms with E-state index in [1.165, 1.54) is 6.26 Å². The fraction of sp³-hybridized carbons (Fsp3) is 1.00. The highest BCUT2D eigenvalue weighted by Crippen LogP contribution is 2.43. The number of nitrogens with zero attached hydrogens (tertiary/aromatic N) is 2. The number of sulfone groups is 1. The van der Waals surface area contributed by atoms with Crippen LogP contribution in [0, 0.1) is 0 Å². The average molecular weight is 188 g/mol. The summed E-state index contributed by atoms with van der Waals surface area (Å²) >= 11 is 0. The van der Waals surface area contributed by atoms with Crippen LogP contribution in [0.3, 0.4) is 0 Å². The van der Waals surface area contributed by atoms with Crippen LogP contribution in [0.2, 0.25) is 0 Å². The minimum absolute atomic E-state index is 0.207. The lowest BCUT2D eigenvalue weighted by Crippen LogP contribution is -2.31. The first-order valence-electron chi connectivity index (χ1n) is 4.15. The highest BCUT2D eigenvalue weighted by Gasteiger charge is 2.46. The molecule has 1 saturated carbocycles. The van der Waals surface area contributed by atoms with Gasteiger partial charge in [-0.3, -0.25) is 0 Å². The molecule has 5 heteroatoms. The monoisotopic (exact) mass is 188 g/mol. The standard InChI is InChI=1S/C7H12N2O2S/c1-12(10,11)6-3-2-4-7(5-6)8-9-7/h6H,2-5H2,1H3. The molecule has 1 aliphatic heterocycles. The average Bonchev–Trinajstić information content (AvgIpc) is 2.68. The second-order valence-corrected chi connectivity index (χ2v) is 6.06. The van der Waals surface area contributed by atoms with E-state index in [1.807, 2.05) is 0 Å². The fourth-order valence-electron chi connectivity index (χ4n) is 1.80. The molecule has 1 aliphatic carbocycles. The van der Waals surface area contributed by atoms with Crippen LogP contribution < -0.4 is 0 Å². The Hall–Kier alpha value is -0.450. The van der Waals surface area contributed by atoms with Crippen LogP contribution >= 0.6 is 0 Å². The zero-order valence-corrected chi connectivity index (χ0v) is 7.84. The van der Waals surface area contributed by atoms with Gasteiger partial charge in [-0.15, -0.1) is 0 Å². The smallest absolute Gasteiger partial charge is 0.192 e. The maximum atomic E-state index is 11.2. The second kappa shape index (κ2) is 2.28. The van der Waals surface area contributed by atoms with Gasteiger partial charge in [0.2, 0.25) is 0 Å². The summed E-state index contributed by atoms with van der Waals surface area (Å²) in [6.07, 6.45) is 4.58. The van der Waals surface area contributed by atoms with E-state index >= 15 is 0 Å². The lowest BCUT2D eigenvalue weighted by atomic mass is 9.92. The van der Waals surface area contributed by atoms with Crippen molar-refractivity contribution in [2.75, 3.05) is 6.26 Å². The maximum absolute atomic E-state index is 11.2. The maximum Gasteiger partial charge on any atom is 0.192 e. The molecule has 68 valence electrons. The number of hydrogen-bond acceptors (Lipinski definition) is 4. The summed E-state index contributed by atoms with van der Waals surface area (Å²) in [4.78, 5) is 0. The molecule has 0 radical (unpaired) electrons. The Morgan fingerprint density at radius 3 is 2.58 bits per heavy atom. The van der Waals surface area contributed by atoms with Crippen molar-refractivity contribution in [2.45, 2.75) is 36.6 Å². The molecule has 1 unspecified atom stereocenters. The lowest BCUT2D eigenvalue weighted by molar-refractivity contribution is 0.393. The Morgan fingerprint density at radius 1 is 1.42 bits per heavy atom. The van der Waals surface area contributed by atoms with Gasteiger partial charge in [-0.1, -0.05) is 0 Å². The molecule has 0 aromatic carbocycles. The molecular weight excluding hydrogens is 176 g/mol. The zero-order chi connectivity index (χ0) is 8.82. The molecule has 12 heavy (non-hydrogen) atoms. The van der Waals surface area contributed by atoms with Crippen molar-refractivity contribution in [1.82, 2.24) is 0 Å². The summed E-state index contributed by atoms with van der Waals surface area (Å²) in [6.45, 7) is 0. The summed E-state index contributed by atoms with van der Waals surface area (Å²) in [6, 6.07) is 0. The lowest BCUT2D eigenvalue weighted by Gasteiger charge is -2.23. The zero-order valence-electron chi connectivity index (χ0n) is 7.02. The van der Waals surface area contributed by atoms with Gasteiger partial charge in [-0.2, -0.15) is 10.2 Å². The van der Waals surface area contributed by atoms with Gasteiger partial charge in [0.1, 0.15) is 9.84 Å². The molecule has 1 spiro atoms. The summed E-state index contributed by atoms with van der Waals surface area (Å²) < 4.78 is 22.4. The fourth-order valence-corrected chi connectivity index (χ4v) is 2.96. The van der Waals surface area contributed by atoms with Crippen molar-refractivity contribution in [3.63, 3.8) is 0 Å². The van der Waals surface area contributed by atoms with Gasteiger partial charge in [0.05, 0.1) is 5.25 Å². The topological polar surface area (TPSA) is 58.9 Å². The molecule has 4 nitrogen and oxygen atoms in total. The van der Waals surface area contributed by atoms with Gasteiger partial charge in [0.15, 0.2) is 5.66 Å². The van der Waals surface area contributed by atoms with E-state index in [4.69, 9.17) is 0 Å². The molecule has 0 bridgehead atoms. The third kappa shape index (κ3) is 1.37. The van der Waals surface area contributed by atoms with Gasteiger partial charge in [0.25, 0.3) is 0 Å². The number of rotatable bonds is 1. The van der Waals surface area contributed by atoms with Gasteiger partial charge < -0.3 is 0 Å². The Balaban J connectivity index is 2.10. The van der Waals surface area contributed by atoms with E-state index in [1.54, 1.807) is 0 Å². The molecule has 2 aliphatic rings. The Kier molecular flexibility index (Phi) is 1.55.